The minimum Gasteiger partial charge on any atom is -0.456 e. The van der Waals surface area contributed by atoms with Gasteiger partial charge in [0.2, 0.25) is 0 Å². The maximum atomic E-state index is 6.87. The highest BCUT2D eigenvalue weighted by Crippen LogP contribution is 2.41. The molecule has 0 amide bonds. The molecule has 0 fully saturated rings. The molecule has 0 aliphatic rings. The Bertz CT molecular complexity index is 3850. The van der Waals surface area contributed by atoms with Crippen molar-refractivity contribution in [2.45, 2.75) is 0 Å². The Hall–Kier alpha value is -8.61. The van der Waals surface area contributed by atoms with E-state index in [0.29, 0.717) is 17.5 Å². The third-order valence-corrected chi connectivity index (χ3v) is 12.3. The van der Waals surface area contributed by atoms with Crippen LogP contribution >= 0.6 is 0 Å². The lowest BCUT2D eigenvalue weighted by Gasteiger charge is -2.09. The largest absolute Gasteiger partial charge is 0.456 e. The summed E-state index contributed by atoms with van der Waals surface area (Å²) in [4.78, 5) is 15.4. The molecule has 0 spiro atoms. The molecule has 9 aromatic carbocycles. The molecule has 0 atom stereocenters. The van der Waals surface area contributed by atoms with E-state index in [1.54, 1.807) is 0 Å². The van der Waals surface area contributed by atoms with E-state index in [-0.39, 0.29) is 0 Å². The monoisotopic (exact) mass is 806 g/mol. The second kappa shape index (κ2) is 14.0. The number of para-hydroxylation sites is 3. The molecule has 0 N–H and O–H groups in total. The molecule has 0 aliphatic carbocycles. The zero-order valence-electron chi connectivity index (χ0n) is 33.7. The topological polar surface area (TPSA) is 69.9 Å². The fourth-order valence-electron chi connectivity index (χ4n) is 9.31. The van der Waals surface area contributed by atoms with E-state index < -0.39 is 0 Å². The Morgan fingerprint density at radius 1 is 0.317 bits per heavy atom. The smallest absolute Gasteiger partial charge is 0.164 e. The second-order valence-electron chi connectivity index (χ2n) is 15.9. The predicted molar refractivity (Wildman–Crippen MR) is 256 cm³/mol. The van der Waals surface area contributed by atoms with Crippen molar-refractivity contribution in [3.63, 3.8) is 0 Å². The van der Waals surface area contributed by atoms with E-state index in [4.69, 9.17) is 23.8 Å². The van der Waals surface area contributed by atoms with Crippen LogP contribution < -0.4 is 0 Å². The summed E-state index contributed by atoms with van der Waals surface area (Å²) in [7, 11) is 0. The van der Waals surface area contributed by atoms with Gasteiger partial charge in [0, 0.05) is 49.0 Å². The first-order valence-electron chi connectivity index (χ1n) is 21.1. The summed E-state index contributed by atoms with van der Waals surface area (Å²) in [5.41, 5.74) is 13.5. The minimum atomic E-state index is 0.545. The molecule has 13 aromatic rings. The molecule has 6 nitrogen and oxygen atoms in total. The van der Waals surface area contributed by atoms with Crippen molar-refractivity contribution in [1.82, 2.24) is 19.5 Å². The average Bonchev–Trinajstić information content (AvgIpc) is 4.04. The number of hydrogen-bond acceptors (Lipinski definition) is 5. The van der Waals surface area contributed by atoms with Gasteiger partial charge in [-0.05, 0) is 70.8 Å². The highest BCUT2D eigenvalue weighted by molar-refractivity contribution is 6.14. The molecule has 6 heteroatoms. The summed E-state index contributed by atoms with van der Waals surface area (Å²) in [6, 6.07) is 71.4. The van der Waals surface area contributed by atoms with Crippen molar-refractivity contribution in [1.29, 1.82) is 0 Å². The minimum absolute atomic E-state index is 0.545. The molecule has 0 unspecified atom stereocenters. The molecule has 294 valence electrons. The van der Waals surface area contributed by atoms with E-state index in [9.17, 15) is 0 Å². The number of furan rings is 2. The van der Waals surface area contributed by atoms with Crippen molar-refractivity contribution in [3.05, 3.63) is 206 Å². The second-order valence-corrected chi connectivity index (χ2v) is 15.9. The first-order valence-corrected chi connectivity index (χ1v) is 21.1. The van der Waals surface area contributed by atoms with Crippen LogP contribution in [0.25, 0.3) is 128 Å². The summed E-state index contributed by atoms with van der Waals surface area (Å²) in [5.74, 6) is 1.67. The fraction of sp³-hybridized carbons (Fsp3) is 0. The van der Waals surface area contributed by atoms with Crippen molar-refractivity contribution in [3.8, 4) is 62.1 Å². The van der Waals surface area contributed by atoms with Crippen LogP contribution in [0, 0.1) is 0 Å². The van der Waals surface area contributed by atoms with Crippen molar-refractivity contribution in [2.75, 3.05) is 0 Å². The van der Waals surface area contributed by atoms with Crippen LogP contribution in [-0.2, 0) is 0 Å². The van der Waals surface area contributed by atoms with E-state index in [1.807, 2.05) is 30.3 Å². The van der Waals surface area contributed by atoms with E-state index >= 15 is 0 Å². The normalized spacial score (nSPS) is 11.8. The van der Waals surface area contributed by atoms with Crippen LogP contribution in [0.4, 0.5) is 0 Å². The van der Waals surface area contributed by atoms with Gasteiger partial charge in [-0.25, -0.2) is 15.0 Å². The molecule has 4 heterocycles. The van der Waals surface area contributed by atoms with Crippen LogP contribution in [0.2, 0.25) is 0 Å². The Balaban J connectivity index is 0.968. The van der Waals surface area contributed by atoms with Gasteiger partial charge in [0.05, 0.1) is 16.7 Å². The molecule has 0 aliphatic heterocycles. The Kier molecular flexibility index (Phi) is 7.80. The first kappa shape index (κ1) is 35.2. The zero-order valence-corrected chi connectivity index (χ0v) is 33.7. The average molecular weight is 807 g/mol. The summed E-state index contributed by atoms with van der Waals surface area (Å²) >= 11 is 0. The lowest BCUT2D eigenvalue weighted by Crippen LogP contribution is -2.00. The van der Waals surface area contributed by atoms with Crippen LogP contribution in [0.5, 0.6) is 0 Å². The molecule has 0 bridgehead atoms. The highest BCUT2D eigenvalue weighted by atomic mass is 16.3. The van der Waals surface area contributed by atoms with Gasteiger partial charge in [0.1, 0.15) is 16.7 Å². The maximum absolute atomic E-state index is 6.87. The van der Waals surface area contributed by atoms with Gasteiger partial charge in [-0.15, -0.1) is 0 Å². The van der Waals surface area contributed by atoms with Gasteiger partial charge in [-0.3, -0.25) is 0 Å². The molecule has 0 saturated heterocycles. The Morgan fingerprint density at radius 2 is 0.825 bits per heavy atom. The van der Waals surface area contributed by atoms with Crippen LogP contribution in [0.3, 0.4) is 0 Å². The number of hydrogen-bond donors (Lipinski definition) is 0. The first-order chi connectivity index (χ1) is 31.2. The number of benzene rings is 9. The number of nitrogens with zero attached hydrogens (tertiary/aromatic N) is 4. The third-order valence-electron chi connectivity index (χ3n) is 12.3. The third kappa shape index (κ3) is 5.69. The van der Waals surface area contributed by atoms with Crippen LogP contribution in [0.15, 0.2) is 215 Å². The predicted octanol–water partition coefficient (Wildman–Crippen LogP) is 15.1. The standard InChI is InChI=1S/C57H34N4O2/c1-3-13-35(14-4-1)36-25-27-38(28-26-36)55-58-56(60-57(59-55)40-30-32-46-52(34-40)62-50-24-12-19-41(53(46)50)37-15-5-2-6-16-37)39-29-31-44-45-20-11-23-49(54(45)63-51(44)33-39)61-47-21-9-7-17-42(47)43-18-8-10-22-48(43)61/h1-34H. The van der Waals surface area contributed by atoms with Crippen LogP contribution in [-0.4, -0.2) is 19.5 Å². The SMILES string of the molecule is c1ccc(-c2ccc(-c3nc(-c4ccc5c(c4)oc4c(-n6c7ccccc7c7ccccc76)cccc45)nc(-c4ccc5c(c4)oc4cccc(-c6ccccc6)c45)n3)cc2)cc1. The van der Waals surface area contributed by atoms with Gasteiger partial charge >= 0.3 is 0 Å². The summed E-state index contributed by atoms with van der Waals surface area (Å²) in [6.07, 6.45) is 0. The molecule has 13 rings (SSSR count). The lowest BCUT2D eigenvalue weighted by atomic mass is 9.99. The van der Waals surface area contributed by atoms with Gasteiger partial charge in [0.25, 0.3) is 0 Å². The molecular weight excluding hydrogens is 773 g/mol. The van der Waals surface area contributed by atoms with Crippen molar-refractivity contribution >= 4 is 65.7 Å². The van der Waals surface area contributed by atoms with Gasteiger partial charge < -0.3 is 13.4 Å². The van der Waals surface area contributed by atoms with Crippen molar-refractivity contribution in [2.24, 2.45) is 0 Å². The number of rotatable bonds is 6. The Morgan fingerprint density at radius 3 is 1.51 bits per heavy atom. The van der Waals surface area contributed by atoms with Gasteiger partial charge in [0.15, 0.2) is 23.1 Å². The fourth-order valence-corrected chi connectivity index (χ4v) is 9.31. The lowest BCUT2D eigenvalue weighted by molar-refractivity contribution is 0.666. The van der Waals surface area contributed by atoms with E-state index in [0.717, 1.165) is 99.5 Å². The van der Waals surface area contributed by atoms with E-state index in [2.05, 4.69) is 180 Å². The molecule has 0 saturated carbocycles. The van der Waals surface area contributed by atoms with Crippen LogP contribution in [0.1, 0.15) is 0 Å². The van der Waals surface area contributed by atoms with Gasteiger partial charge in [-0.2, -0.15) is 0 Å². The highest BCUT2D eigenvalue weighted by Gasteiger charge is 2.20. The summed E-state index contributed by atoms with van der Waals surface area (Å²) in [6.45, 7) is 0. The van der Waals surface area contributed by atoms with Gasteiger partial charge in [-0.1, -0.05) is 158 Å². The molecular formula is C57H34N4O2. The number of fused-ring (bicyclic) bond motifs is 9. The molecule has 4 aromatic heterocycles. The summed E-state index contributed by atoms with van der Waals surface area (Å²) < 4.78 is 15.7. The Labute approximate surface area is 361 Å². The number of aromatic nitrogens is 4. The maximum Gasteiger partial charge on any atom is 0.164 e. The van der Waals surface area contributed by atoms with Crippen molar-refractivity contribution < 1.29 is 8.83 Å². The molecule has 63 heavy (non-hydrogen) atoms. The quantitative estimate of drug-likeness (QED) is 0.167. The zero-order chi connectivity index (χ0) is 41.4. The summed E-state index contributed by atoms with van der Waals surface area (Å²) in [5, 5.41) is 6.59. The molecule has 0 radical (unpaired) electrons. The van der Waals surface area contributed by atoms with E-state index in [1.165, 1.54) is 10.8 Å².